The molecule has 0 spiro atoms. The van der Waals surface area contributed by atoms with Crippen molar-refractivity contribution in [2.75, 3.05) is 5.32 Å². The summed E-state index contributed by atoms with van der Waals surface area (Å²) in [6, 6.07) is 9.27. The Balaban J connectivity index is 1.32. The second-order valence-corrected chi connectivity index (χ2v) is 7.16. The van der Waals surface area contributed by atoms with Crippen LogP contribution in [0.3, 0.4) is 0 Å². The minimum Gasteiger partial charge on any atom is -0.321 e. The lowest BCUT2D eigenvalue weighted by Crippen LogP contribution is -2.13. The van der Waals surface area contributed by atoms with Crippen LogP contribution in [0.15, 0.2) is 42.0 Å². The van der Waals surface area contributed by atoms with Gasteiger partial charge in [0.05, 0.1) is 5.69 Å². The van der Waals surface area contributed by atoms with Gasteiger partial charge < -0.3 is 5.32 Å². The van der Waals surface area contributed by atoms with Gasteiger partial charge in [-0.2, -0.15) is 9.78 Å². The van der Waals surface area contributed by atoms with E-state index >= 15 is 0 Å². The molecular weight excluding hydrogens is 364 g/mol. The van der Waals surface area contributed by atoms with E-state index in [-0.39, 0.29) is 5.91 Å². The summed E-state index contributed by atoms with van der Waals surface area (Å²) in [5, 5.41) is 23.1. The number of aromatic amines is 1. The highest BCUT2D eigenvalue weighted by Crippen LogP contribution is 2.38. The molecule has 3 aromatic heterocycles. The molecule has 0 atom stereocenters. The zero-order valence-corrected chi connectivity index (χ0v) is 14.8. The molecule has 0 radical (unpaired) electrons. The monoisotopic (exact) mass is 378 g/mol. The molecule has 1 fully saturated rings. The number of carbonyl (C=O) groups is 1. The maximum atomic E-state index is 12.6. The molecule has 3 heterocycles. The van der Waals surface area contributed by atoms with E-state index in [9.17, 15) is 4.79 Å². The van der Waals surface area contributed by atoms with Crippen molar-refractivity contribution >= 4 is 22.9 Å². The number of rotatable bonds is 5. The molecule has 134 valence electrons. The Morgan fingerprint density at radius 1 is 1.22 bits per heavy atom. The summed E-state index contributed by atoms with van der Waals surface area (Å²) in [6.45, 7) is 0. The molecule has 0 aliphatic heterocycles. The van der Waals surface area contributed by atoms with Crippen LogP contribution in [0.1, 0.15) is 34.3 Å². The maximum absolute atomic E-state index is 12.6. The largest absolute Gasteiger partial charge is 0.321 e. The van der Waals surface area contributed by atoms with Crippen molar-refractivity contribution in [1.82, 2.24) is 35.4 Å². The highest BCUT2D eigenvalue weighted by Gasteiger charge is 2.27. The van der Waals surface area contributed by atoms with Crippen LogP contribution in [-0.4, -0.2) is 41.3 Å². The van der Waals surface area contributed by atoms with Crippen molar-refractivity contribution in [3.63, 3.8) is 0 Å². The summed E-state index contributed by atoms with van der Waals surface area (Å²) in [5.41, 5.74) is 2.24. The molecular formula is C17H14N8OS. The molecule has 0 saturated heterocycles. The maximum Gasteiger partial charge on any atom is 0.267 e. The number of aromatic nitrogens is 7. The first-order valence-corrected chi connectivity index (χ1v) is 9.31. The molecule has 1 aliphatic carbocycles. The predicted octanol–water partition coefficient (Wildman–Crippen LogP) is 2.64. The summed E-state index contributed by atoms with van der Waals surface area (Å²) in [7, 11) is 0. The number of hydrogen-bond acceptors (Lipinski definition) is 7. The van der Waals surface area contributed by atoms with Crippen molar-refractivity contribution in [1.29, 1.82) is 0 Å². The Morgan fingerprint density at radius 3 is 2.81 bits per heavy atom. The molecule has 0 unspecified atom stereocenters. The number of tetrazole rings is 1. The first-order valence-electron chi connectivity index (χ1n) is 8.43. The van der Waals surface area contributed by atoms with E-state index in [4.69, 9.17) is 0 Å². The number of carbonyl (C=O) groups excluding carboxylic acids is 1. The van der Waals surface area contributed by atoms with Crippen LogP contribution in [-0.2, 0) is 0 Å². The van der Waals surface area contributed by atoms with Crippen LogP contribution in [0.4, 0.5) is 5.69 Å². The summed E-state index contributed by atoms with van der Waals surface area (Å²) < 4.78 is 1.47. The van der Waals surface area contributed by atoms with Crippen LogP contribution in [0.5, 0.6) is 0 Å². The number of thiophene rings is 1. The van der Waals surface area contributed by atoms with Gasteiger partial charge in [-0.3, -0.25) is 9.89 Å². The van der Waals surface area contributed by atoms with Gasteiger partial charge in [0.25, 0.3) is 5.91 Å². The molecule has 27 heavy (non-hydrogen) atoms. The number of nitrogens with one attached hydrogen (secondary N) is 2. The molecule has 1 aliphatic rings. The van der Waals surface area contributed by atoms with E-state index in [2.05, 4.69) is 36.0 Å². The first kappa shape index (κ1) is 15.8. The highest BCUT2D eigenvalue weighted by atomic mass is 32.1. The second-order valence-electron chi connectivity index (χ2n) is 6.24. The lowest BCUT2D eigenvalue weighted by atomic mass is 10.2. The average molecular weight is 378 g/mol. The fraction of sp³-hybridized carbons (Fsp3) is 0.176. The lowest BCUT2D eigenvalue weighted by molar-refractivity contribution is 0.103. The summed E-state index contributed by atoms with van der Waals surface area (Å²) >= 11 is 1.33. The smallest absolute Gasteiger partial charge is 0.267 e. The molecule has 10 heteroatoms. The third-order valence-corrected chi connectivity index (χ3v) is 5.22. The number of benzene rings is 1. The van der Waals surface area contributed by atoms with Gasteiger partial charge in [0, 0.05) is 17.2 Å². The van der Waals surface area contributed by atoms with Gasteiger partial charge in [-0.15, -0.1) is 16.4 Å². The molecule has 2 N–H and O–H groups in total. The second kappa shape index (κ2) is 6.40. The van der Waals surface area contributed by atoms with Crippen molar-refractivity contribution in [3.05, 3.63) is 52.7 Å². The third kappa shape index (κ3) is 3.10. The molecule has 9 nitrogen and oxygen atoms in total. The van der Waals surface area contributed by atoms with E-state index in [1.165, 1.54) is 35.2 Å². The number of hydrogen-bond donors (Lipinski definition) is 2. The Bertz CT molecular complexity index is 1080. The van der Waals surface area contributed by atoms with Gasteiger partial charge in [0.15, 0.2) is 5.82 Å². The number of amides is 1. The van der Waals surface area contributed by atoms with Crippen molar-refractivity contribution in [2.24, 2.45) is 0 Å². The van der Waals surface area contributed by atoms with Crippen LogP contribution in [0.2, 0.25) is 0 Å². The van der Waals surface area contributed by atoms with Gasteiger partial charge in [0.2, 0.25) is 0 Å². The molecule has 1 amide bonds. The first-order chi connectivity index (χ1) is 13.3. The minimum atomic E-state index is -0.211. The minimum absolute atomic E-state index is 0.211. The molecule has 4 aromatic rings. The number of H-pyrrole nitrogens is 1. The number of nitrogens with zero attached hydrogens (tertiary/aromatic N) is 6. The summed E-state index contributed by atoms with van der Waals surface area (Å²) in [4.78, 5) is 17.7. The van der Waals surface area contributed by atoms with Gasteiger partial charge in [-0.05, 0) is 59.0 Å². The van der Waals surface area contributed by atoms with Crippen molar-refractivity contribution < 1.29 is 4.79 Å². The molecule has 5 rings (SSSR count). The quantitative estimate of drug-likeness (QED) is 0.552. The van der Waals surface area contributed by atoms with Crippen LogP contribution >= 0.6 is 11.3 Å². The van der Waals surface area contributed by atoms with Gasteiger partial charge in [-0.1, -0.05) is 0 Å². The van der Waals surface area contributed by atoms with Crippen LogP contribution in [0.25, 0.3) is 17.1 Å². The molecule has 1 saturated carbocycles. The highest BCUT2D eigenvalue weighted by molar-refractivity contribution is 7.12. The van der Waals surface area contributed by atoms with Gasteiger partial charge >= 0.3 is 0 Å². The van der Waals surface area contributed by atoms with Crippen molar-refractivity contribution in [3.8, 4) is 17.1 Å². The van der Waals surface area contributed by atoms with Crippen LogP contribution < -0.4 is 5.32 Å². The van der Waals surface area contributed by atoms with E-state index < -0.39 is 0 Å². The van der Waals surface area contributed by atoms with E-state index in [1.807, 2.05) is 29.6 Å². The average Bonchev–Trinajstić information content (AvgIpc) is 3.14. The normalized spacial score (nSPS) is 13.6. The fourth-order valence-electron chi connectivity index (χ4n) is 2.76. The SMILES string of the molecule is O=C(Nc1ccc(-c2n[nH]c(C3CC3)n2)cc1)c1sccc1-n1cnnn1. The van der Waals surface area contributed by atoms with Gasteiger partial charge in [-0.25, -0.2) is 4.98 Å². The van der Waals surface area contributed by atoms with Crippen molar-refractivity contribution in [2.45, 2.75) is 18.8 Å². The van der Waals surface area contributed by atoms with E-state index in [0.29, 0.717) is 28.0 Å². The Kier molecular flexibility index (Phi) is 3.75. The standard InChI is InChI=1S/C17H14N8OS/c26-17(14-13(7-8-27-14)25-9-18-23-24-25)19-12-5-3-11(4-6-12)16-20-15(21-22-16)10-1-2-10/h3-10H,1-2H2,(H,19,26)(H,20,21,22). The Labute approximate surface area is 157 Å². The lowest BCUT2D eigenvalue weighted by Gasteiger charge is -2.06. The topological polar surface area (TPSA) is 114 Å². The Hall–Kier alpha value is -3.40. The Morgan fingerprint density at radius 2 is 2.07 bits per heavy atom. The third-order valence-electron chi connectivity index (χ3n) is 4.31. The van der Waals surface area contributed by atoms with Crippen LogP contribution in [0, 0.1) is 0 Å². The molecule has 0 bridgehead atoms. The zero-order chi connectivity index (χ0) is 18.2. The van der Waals surface area contributed by atoms with Gasteiger partial charge in [0.1, 0.15) is 17.0 Å². The van der Waals surface area contributed by atoms with E-state index in [1.54, 1.807) is 6.07 Å². The summed E-state index contributed by atoms with van der Waals surface area (Å²) in [6.07, 6.45) is 3.81. The summed E-state index contributed by atoms with van der Waals surface area (Å²) in [5.74, 6) is 1.95. The zero-order valence-electron chi connectivity index (χ0n) is 14.0. The predicted molar refractivity (Wildman–Crippen MR) is 98.8 cm³/mol. The fourth-order valence-corrected chi connectivity index (χ4v) is 3.53. The molecule has 1 aromatic carbocycles. The van der Waals surface area contributed by atoms with E-state index in [0.717, 1.165) is 11.4 Å². The number of anilines is 1.